The molecule has 0 saturated carbocycles. The number of ether oxygens (including phenoxy) is 1. The molecule has 1 atom stereocenters. The summed E-state index contributed by atoms with van der Waals surface area (Å²) in [6.45, 7) is 2.86. The number of hydrogen-bond acceptors (Lipinski definition) is 3. The molecule has 0 spiro atoms. The van der Waals surface area contributed by atoms with Crippen LogP contribution in [-0.4, -0.2) is 23.8 Å². The fourth-order valence-corrected chi connectivity index (χ4v) is 0.807. The van der Waals surface area contributed by atoms with Crippen molar-refractivity contribution < 1.29 is 14.6 Å². The molecule has 3 nitrogen and oxygen atoms in total. The molecule has 0 radical (unpaired) electrons. The molecule has 0 heterocycles. The van der Waals surface area contributed by atoms with Crippen molar-refractivity contribution in [2.75, 3.05) is 6.61 Å². The van der Waals surface area contributed by atoms with Crippen LogP contribution in [0.2, 0.25) is 0 Å². The molecule has 0 saturated heterocycles. The number of hydrogen-bond donors (Lipinski definition) is 1. The molecule has 18 heavy (non-hydrogen) atoms. The van der Waals surface area contributed by atoms with E-state index in [1.165, 1.54) is 19.1 Å². The molecule has 0 rings (SSSR count). The van der Waals surface area contributed by atoms with Crippen molar-refractivity contribution in [1.29, 1.82) is 0 Å². The van der Waals surface area contributed by atoms with E-state index in [9.17, 15) is 4.79 Å². The highest BCUT2D eigenvalue weighted by molar-refractivity contribution is 5.66. The van der Waals surface area contributed by atoms with Gasteiger partial charge >= 0.3 is 5.97 Å². The summed E-state index contributed by atoms with van der Waals surface area (Å²) >= 11 is 0. The second-order valence-corrected chi connectivity index (χ2v) is 2.98. The number of carbonyl (C=O) groups is 1. The van der Waals surface area contributed by atoms with Crippen molar-refractivity contribution in [1.82, 2.24) is 0 Å². The molecule has 0 amide bonds. The van der Waals surface area contributed by atoms with Crippen LogP contribution in [0.3, 0.4) is 0 Å². The highest BCUT2D eigenvalue weighted by Crippen LogP contribution is 1.93. The smallest absolute Gasteiger partial charge is 0.303 e. The second-order valence-electron chi connectivity index (χ2n) is 2.98. The average Bonchev–Trinajstić information content (AvgIpc) is 2.35. The van der Waals surface area contributed by atoms with Crippen molar-refractivity contribution in [2.45, 2.75) is 20.0 Å². The van der Waals surface area contributed by atoms with Gasteiger partial charge in [0.15, 0.2) is 0 Å². The van der Waals surface area contributed by atoms with Gasteiger partial charge in [0.25, 0.3) is 0 Å². The Balaban J connectivity index is 4.24. The van der Waals surface area contributed by atoms with Gasteiger partial charge in [0.05, 0.1) is 6.61 Å². The Hall–Kier alpha value is -2.41. The third-order valence-corrected chi connectivity index (χ3v) is 1.47. The second kappa shape index (κ2) is 11.1. The van der Waals surface area contributed by atoms with Crippen molar-refractivity contribution >= 4 is 5.97 Å². The minimum Gasteiger partial charge on any atom is -0.456 e. The third-order valence-electron chi connectivity index (χ3n) is 1.47. The van der Waals surface area contributed by atoms with E-state index >= 15 is 0 Å². The lowest BCUT2D eigenvalue weighted by Crippen LogP contribution is -2.17. The Labute approximate surface area is 108 Å². The molecule has 0 fully saturated rings. The Bertz CT molecular complexity index is 493. The molecule has 0 aliphatic carbocycles. The maximum atomic E-state index is 10.6. The summed E-state index contributed by atoms with van der Waals surface area (Å²) in [5.74, 6) is 15.1. The topological polar surface area (TPSA) is 46.5 Å². The molecule has 0 aromatic rings. The van der Waals surface area contributed by atoms with Gasteiger partial charge in [0, 0.05) is 6.92 Å². The zero-order chi connectivity index (χ0) is 13.6. The van der Waals surface area contributed by atoms with Crippen molar-refractivity contribution in [3.8, 4) is 35.5 Å². The predicted molar refractivity (Wildman–Crippen MR) is 69.9 cm³/mol. The summed E-state index contributed by atoms with van der Waals surface area (Å²) in [7, 11) is 0. The van der Waals surface area contributed by atoms with E-state index in [4.69, 9.17) is 9.84 Å². The summed E-state index contributed by atoms with van der Waals surface area (Å²) in [6.07, 6.45) is 5.79. The molecular weight excluding hydrogens is 228 g/mol. The zero-order valence-electron chi connectivity index (χ0n) is 10.4. The lowest BCUT2D eigenvalue weighted by atomic mass is 10.3. The molecule has 92 valence electrons. The van der Waals surface area contributed by atoms with Crippen LogP contribution < -0.4 is 0 Å². The fourth-order valence-electron chi connectivity index (χ4n) is 0.807. The Kier molecular flexibility index (Phi) is 9.60. The molecule has 0 aliphatic rings. The first-order valence-electron chi connectivity index (χ1n) is 5.27. The third kappa shape index (κ3) is 10.1. The van der Waals surface area contributed by atoms with E-state index < -0.39 is 12.1 Å². The van der Waals surface area contributed by atoms with Crippen molar-refractivity contribution in [2.24, 2.45) is 0 Å². The summed E-state index contributed by atoms with van der Waals surface area (Å²) in [6, 6.07) is 0. The molecular formula is C15H14O3. The number of allylic oxidation sites excluding steroid dienone is 3. The number of rotatable bonds is 3. The number of aliphatic hydroxyl groups excluding tert-OH is 1. The van der Waals surface area contributed by atoms with Gasteiger partial charge in [-0.25, -0.2) is 0 Å². The molecule has 1 N–H and O–H groups in total. The predicted octanol–water partition coefficient (Wildman–Crippen LogP) is 1.05. The lowest BCUT2D eigenvalue weighted by molar-refractivity contribution is -0.145. The summed E-state index contributed by atoms with van der Waals surface area (Å²) < 4.78 is 4.76. The van der Waals surface area contributed by atoms with Gasteiger partial charge in [-0.2, -0.15) is 0 Å². The summed E-state index contributed by atoms with van der Waals surface area (Å²) in [5, 5.41) is 8.87. The van der Waals surface area contributed by atoms with Crippen molar-refractivity contribution in [3.05, 3.63) is 24.3 Å². The Morgan fingerprint density at radius 2 is 1.83 bits per heavy atom. The standard InChI is InChI=1S/C15H14O3/c1-3-4-5-6-7-8-9-10-11-12-15(13-16)18-14(2)17/h3-4,11-12,15-16H,13H2,1-2H3/b4-3+,12-11+/t15-/m1/s1. The number of esters is 1. The van der Waals surface area contributed by atoms with Gasteiger partial charge in [-0.15, -0.1) is 0 Å². The molecule has 0 unspecified atom stereocenters. The van der Waals surface area contributed by atoms with Gasteiger partial charge in [-0.1, -0.05) is 17.9 Å². The van der Waals surface area contributed by atoms with Crippen LogP contribution in [0.5, 0.6) is 0 Å². The van der Waals surface area contributed by atoms with Crippen LogP contribution in [0, 0.1) is 35.5 Å². The largest absolute Gasteiger partial charge is 0.456 e. The van der Waals surface area contributed by atoms with Gasteiger partial charge in [0.1, 0.15) is 6.10 Å². The Morgan fingerprint density at radius 3 is 2.33 bits per heavy atom. The maximum Gasteiger partial charge on any atom is 0.303 e. The SMILES string of the molecule is C/C=C/C#CC#CC#C/C=C/[C@H](CO)OC(C)=O. The first kappa shape index (κ1) is 15.6. The van der Waals surface area contributed by atoms with Crippen LogP contribution in [0.15, 0.2) is 24.3 Å². The van der Waals surface area contributed by atoms with Gasteiger partial charge < -0.3 is 9.84 Å². The molecule has 3 heteroatoms. The number of carbonyl (C=O) groups excluding carboxylic acids is 1. The Morgan fingerprint density at radius 1 is 1.22 bits per heavy atom. The first-order chi connectivity index (χ1) is 8.70. The van der Waals surface area contributed by atoms with E-state index in [-0.39, 0.29) is 6.61 Å². The molecule has 0 aromatic heterocycles. The van der Waals surface area contributed by atoms with E-state index in [1.807, 2.05) is 13.0 Å². The van der Waals surface area contributed by atoms with Crippen LogP contribution >= 0.6 is 0 Å². The number of aliphatic hydroxyl groups is 1. The fraction of sp³-hybridized carbons (Fsp3) is 0.267. The lowest BCUT2D eigenvalue weighted by Gasteiger charge is -2.07. The van der Waals surface area contributed by atoms with Crippen molar-refractivity contribution in [3.63, 3.8) is 0 Å². The highest BCUT2D eigenvalue weighted by Gasteiger charge is 2.04. The molecule has 0 bridgehead atoms. The normalized spacial score (nSPS) is 10.6. The minimum atomic E-state index is -0.667. The van der Waals surface area contributed by atoms with Gasteiger partial charge in [-0.05, 0) is 48.8 Å². The van der Waals surface area contributed by atoms with E-state index in [2.05, 4.69) is 35.5 Å². The van der Waals surface area contributed by atoms with E-state index in [0.29, 0.717) is 0 Å². The van der Waals surface area contributed by atoms with Gasteiger partial charge in [0.2, 0.25) is 0 Å². The average molecular weight is 242 g/mol. The quantitative estimate of drug-likeness (QED) is 0.594. The van der Waals surface area contributed by atoms with Crippen LogP contribution in [-0.2, 0) is 9.53 Å². The summed E-state index contributed by atoms with van der Waals surface area (Å²) in [4.78, 5) is 10.6. The molecule has 0 aromatic carbocycles. The maximum absolute atomic E-state index is 10.6. The zero-order valence-corrected chi connectivity index (χ0v) is 10.4. The summed E-state index contributed by atoms with van der Waals surface area (Å²) in [5.41, 5.74) is 0. The monoisotopic (exact) mass is 242 g/mol. The van der Waals surface area contributed by atoms with Gasteiger partial charge in [-0.3, -0.25) is 4.79 Å². The molecule has 0 aliphatic heterocycles. The van der Waals surface area contributed by atoms with Crippen LogP contribution in [0.25, 0.3) is 0 Å². The highest BCUT2D eigenvalue weighted by atomic mass is 16.5. The van der Waals surface area contributed by atoms with E-state index in [1.54, 1.807) is 6.08 Å². The van der Waals surface area contributed by atoms with Crippen LogP contribution in [0.4, 0.5) is 0 Å². The van der Waals surface area contributed by atoms with Crippen LogP contribution in [0.1, 0.15) is 13.8 Å². The minimum absolute atomic E-state index is 0.279. The van der Waals surface area contributed by atoms with E-state index in [0.717, 1.165) is 0 Å². The first-order valence-corrected chi connectivity index (χ1v) is 5.27.